The van der Waals surface area contributed by atoms with Gasteiger partial charge in [-0.1, -0.05) is 17.3 Å². The van der Waals surface area contributed by atoms with Gasteiger partial charge in [-0.25, -0.2) is 0 Å². The second kappa shape index (κ2) is 7.81. The van der Waals surface area contributed by atoms with E-state index in [9.17, 15) is 4.79 Å². The van der Waals surface area contributed by atoms with Crippen molar-refractivity contribution < 1.29 is 9.32 Å². The normalized spacial score (nSPS) is 17.1. The summed E-state index contributed by atoms with van der Waals surface area (Å²) in [6.07, 6.45) is 0.863. The molecule has 0 aliphatic carbocycles. The summed E-state index contributed by atoms with van der Waals surface area (Å²) >= 11 is 1.53. The number of carbonyl (C=O) groups is 1. The van der Waals surface area contributed by atoms with Crippen molar-refractivity contribution in [2.75, 3.05) is 13.1 Å². The van der Waals surface area contributed by atoms with E-state index in [1.807, 2.05) is 29.2 Å². The lowest BCUT2D eigenvalue weighted by Crippen LogP contribution is -2.32. The van der Waals surface area contributed by atoms with E-state index in [-0.39, 0.29) is 24.4 Å². The molecule has 1 aliphatic heterocycles. The average molecular weight is 355 g/mol. The quantitative estimate of drug-likeness (QED) is 0.848. The molecule has 0 unspecified atom stereocenters. The van der Waals surface area contributed by atoms with Crippen LogP contribution in [0.15, 0.2) is 33.7 Å². The molecule has 0 spiro atoms. The Morgan fingerprint density at radius 2 is 2.26 bits per heavy atom. The first-order valence-corrected chi connectivity index (χ1v) is 8.18. The number of benzene rings is 1. The van der Waals surface area contributed by atoms with Gasteiger partial charge < -0.3 is 15.2 Å². The van der Waals surface area contributed by atoms with E-state index in [2.05, 4.69) is 10.1 Å². The molecule has 1 saturated heterocycles. The molecule has 1 amide bonds. The third kappa shape index (κ3) is 4.25. The van der Waals surface area contributed by atoms with Crippen molar-refractivity contribution in [3.8, 4) is 0 Å². The van der Waals surface area contributed by atoms with Crippen LogP contribution in [0.1, 0.15) is 28.5 Å². The van der Waals surface area contributed by atoms with Crippen molar-refractivity contribution in [2.45, 2.75) is 30.0 Å². The smallest absolute Gasteiger partial charge is 0.255 e. The minimum atomic E-state index is 0. The molecule has 124 valence electrons. The SMILES string of the molecule is Cc1noc(CSc2ccccc2C(=O)N2CC[C@@H](N)C2)n1.Cl. The van der Waals surface area contributed by atoms with Crippen molar-refractivity contribution in [2.24, 2.45) is 5.73 Å². The Kier molecular flexibility index (Phi) is 6.04. The van der Waals surface area contributed by atoms with E-state index in [0.717, 1.165) is 17.9 Å². The van der Waals surface area contributed by atoms with Crippen LogP contribution in [0.5, 0.6) is 0 Å². The average Bonchev–Trinajstić information content (AvgIpc) is 3.13. The minimum Gasteiger partial charge on any atom is -0.338 e. The molecule has 1 atom stereocenters. The van der Waals surface area contributed by atoms with Gasteiger partial charge in [0.15, 0.2) is 5.82 Å². The van der Waals surface area contributed by atoms with Gasteiger partial charge in [0.1, 0.15) is 0 Å². The lowest BCUT2D eigenvalue weighted by Gasteiger charge is -2.17. The molecule has 0 radical (unpaired) electrons. The number of thioether (sulfide) groups is 1. The topological polar surface area (TPSA) is 85.2 Å². The third-order valence-corrected chi connectivity index (χ3v) is 4.61. The fourth-order valence-electron chi connectivity index (χ4n) is 2.45. The predicted molar refractivity (Wildman–Crippen MR) is 90.8 cm³/mol. The highest BCUT2D eigenvalue weighted by Crippen LogP contribution is 2.27. The van der Waals surface area contributed by atoms with Crippen molar-refractivity contribution in [3.05, 3.63) is 41.5 Å². The maximum atomic E-state index is 12.6. The summed E-state index contributed by atoms with van der Waals surface area (Å²) in [5.74, 6) is 1.77. The van der Waals surface area contributed by atoms with Gasteiger partial charge in [0.25, 0.3) is 5.91 Å². The number of halogens is 1. The molecule has 1 aromatic carbocycles. The Morgan fingerprint density at radius 1 is 1.48 bits per heavy atom. The number of rotatable bonds is 4. The maximum absolute atomic E-state index is 12.6. The summed E-state index contributed by atoms with van der Waals surface area (Å²) in [5, 5.41) is 3.77. The van der Waals surface area contributed by atoms with Crippen LogP contribution in [0.2, 0.25) is 0 Å². The molecule has 8 heteroatoms. The molecule has 23 heavy (non-hydrogen) atoms. The van der Waals surface area contributed by atoms with E-state index >= 15 is 0 Å². The summed E-state index contributed by atoms with van der Waals surface area (Å²) in [5.41, 5.74) is 6.60. The standard InChI is InChI=1S/C15H18N4O2S.ClH/c1-10-17-14(21-18-10)9-22-13-5-3-2-4-12(13)15(20)19-7-6-11(16)8-19;/h2-5,11H,6-9,16H2,1H3;1H/t11-;/m1./s1. The van der Waals surface area contributed by atoms with Gasteiger partial charge in [-0.2, -0.15) is 4.98 Å². The van der Waals surface area contributed by atoms with E-state index < -0.39 is 0 Å². The lowest BCUT2D eigenvalue weighted by molar-refractivity contribution is 0.0787. The number of amides is 1. The number of carbonyl (C=O) groups excluding carboxylic acids is 1. The fourth-order valence-corrected chi connectivity index (χ4v) is 3.33. The van der Waals surface area contributed by atoms with Crippen LogP contribution in [-0.2, 0) is 5.75 Å². The summed E-state index contributed by atoms with van der Waals surface area (Å²) in [6.45, 7) is 3.13. The monoisotopic (exact) mass is 354 g/mol. The van der Waals surface area contributed by atoms with Crippen LogP contribution in [0.4, 0.5) is 0 Å². The van der Waals surface area contributed by atoms with Crippen LogP contribution in [0.3, 0.4) is 0 Å². The largest absolute Gasteiger partial charge is 0.338 e. The van der Waals surface area contributed by atoms with Crippen molar-refractivity contribution in [3.63, 3.8) is 0 Å². The highest BCUT2D eigenvalue weighted by atomic mass is 35.5. The van der Waals surface area contributed by atoms with Gasteiger partial charge >= 0.3 is 0 Å². The van der Waals surface area contributed by atoms with Crippen LogP contribution in [0, 0.1) is 6.92 Å². The first kappa shape index (κ1) is 17.8. The van der Waals surface area contributed by atoms with E-state index in [1.165, 1.54) is 11.8 Å². The summed E-state index contributed by atoms with van der Waals surface area (Å²) < 4.78 is 5.11. The molecule has 6 nitrogen and oxygen atoms in total. The molecule has 1 aliphatic rings. The maximum Gasteiger partial charge on any atom is 0.255 e. The second-order valence-corrected chi connectivity index (χ2v) is 6.34. The number of hydrogen-bond donors (Lipinski definition) is 1. The van der Waals surface area contributed by atoms with Gasteiger partial charge in [0, 0.05) is 24.0 Å². The van der Waals surface area contributed by atoms with Crippen LogP contribution in [-0.4, -0.2) is 40.1 Å². The zero-order valence-corrected chi connectivity index (χ0v) is 14.4. The molecule has 1 aromatic heterocycles. The van der Waals surface area contributed by atoms with Crippen LogP contribution >= 0.6 is 24.2 Å². The lowest BCUT2D eigenvalue weighted by atomic mass is 10.2. The van der Waals surface area contributed by atoms with Crippen molar-refractivity contribution >= 4 is 30.1 Å². The highest BCUT2D eigenvalue weighted by Gasteiger charge is 2.26. The van der Waals surface area contributed by atoms with Gasteiger partial charge in [-0.05, 0) is 25.5 Å². The Morgan fingerprint density at radius 3 is 2.91 bits per heavy atom. The number of hydrogen-bond acceptors (Lipinski definition) is 6. The Balaban J connectivity index is 0.00000192. The first-order chi connectivity index (χ1) is 10.6. The number of likely N-dealkylation sites (tertiary alicyclic amines) is 1. The molecule has 3 rings (SSSR count). The zero-order valence-electron chi connectivity index (χ0n) is 12.8. The number of aryl methyl sites for hydroxylation is 1. The molecule has 0 saturated carbocycles. The summed E-state index contributed by atoms with van der Waals surface area (Å²) in [6, 6.07) is 7.69. The van der Waals surface area contributed by atoms with Crippen LogP contribution in [0.25, 0.3) is 0 Å². The molecule has 1 fully saturated rings. The first-order valence-electron chi connectivity index (χ1n) is 7.19. The number of aromatic nitrogens is 2. The molecule has 2 N–H and O–H groups in total. The zero-order chi connectivity index (χ0) is 15.5. The fraction of sp³-hybridized carbons (Fsp3) is 0.400. The third-order valence-electron chi connectivity index (χ3n) is 3.55. The van der Waals surface area contributed by atoms with Gasteiger partial charge in [0.2, 0.25) is 5.89 Å². The van der Waals surface area contributed by atoms with Crippen molar-refractivity contribution in [1.82, 2.24) is 15.0 Å². The Hall–Kier alpha value is -1.57. The molecule has 2 heterocycles. The van der Waals surface area contributed by atoms with Crippen molar-refractivity contribution in [1.29, 1.82) is 0 Å². The molecule has 2 aromatic rings. The van der Waals surface area contributed by atoms with Gasteiger partial charge in [-0.3, -0.25) is 4.79 Å². The highest BCUT2D eigenvalue weighted by molar-refractivity contribution is 7.98. The Labute approximate surface area is 145 Å². The van der Waals surface area contributed by atoms with E-state index in [4.69, 9.17) is 10.3 Å². The predicted octanol–water partition coefficient (Wildman–Crippen LogP) is 2.27. The second-order valence-electron chi connectivity index (χ2n) is 5.32. The molecular weight excluding hydrogens is 336 g/mol. The molecular formula is C15H19ClN4O2S. The number of nitrogens with two attached hydrogens (primary N) is 1. The van der Waals surface area contributed by atoms with Crippen LogP contribution < -0.4 is 5.73 Å². The Bertz CT molecular complexity index is 679. The number of nitrogens with zero attached hydrogens (tertiary/aromatic N) is 3. The molecule has 0 bridgehead atoms. The van der Waals surface area contributed by atoms with Gasteiger partial charge in [0.05, 0.1) is 11.3 Å². The van der Waals surface area contributed by atoms with Gasteiger partial charge in [-0.15, -0.1) is 24.2 Å². The van der Waals surface area contributed by atoms with E-state index in [0.29, 0.717) is 29.6 Å². The summed E-state index contributed by atoms with van der Waals surface area (Å²) in [7, 11) is 0. The van der Waals surface area contributed by atoms with E-state index in [1.54, 1.807) is 6.92 Å². The minimum absolute atomic E-state index is 0. The summed E-state index contributed by atoms with van der Waals surface area (Å²) in [4.78, 5) is 19.6.